The van der Waals surface area contributed by atoms with Crippen LogP contribution in [0.15, 0.2) is 0 Å². The summed E-state index contributed by atoms with van der Waals surface area (Å²) in [7, 11) is 0. The number of hydrogen-bond acceptors (Lipinski definition) is 8. The van der Waals surface area contributed by atoms with E-state index in [2.05, 4.69) is 16.0 Å². The first-order valence-electron chi connectivity index (χ1n) is 9.33. The summed E-state index contributed by atoms with van der Waals surface area (Å²) in [6, 6.07) is -5.42. The van der Waals surface area contributed by atoms with Crippen LogP contribution in [0.3, 0.4) is 0 Å². The number of aliphatic carboxylic acids is 2. The van der Waals surface area contributed by atoms with Gasteiger partial charge in [-0.3, -0.25) is 24.0 Å². The minimum absolute atomic E-state index is 0.218. The monoisotopic (exact) mass is 447 g/mol. The number of nitrogens with one attached hydrogen (secondary N) is 3. The van der Waals surface area contributed by atoms with Crippen LogP contribution >= 0.6 is 0 Å². The maximum atomic E-state index is 12.5. The lowest BCUT2D eigenvalue weighted by Crippen LogP contribution is -2.57. The van der Waals surface area contributed by atoms with Crippen LogP contribution in [0.25, 0.3) is 0 Å². The van der Waals surface area contributed by atoms with Gasteiger partial charge in [0.25, 0.3) is 0 Å². The summed E-state index contributed by atoms with van der Waals surface area (Å²) < 4.78 is 0. The average molecular weight is 447 g/mol. The largest absolute Gasteiger partial charge is 0.481 e. The molecule has 0 rings (SSSR count). The fraction of sp³-hybridized carbons (Fsp3) is 0.647. The molecular formula is C17H29N5O9. The van der Waals surface area contributed by atoms with Crippen LogP contribution in [0.1, 0.15) is 39.5 Å². The molecule has 14 heteroatoms. The topological polar surface area (TPSA) is 251 Å². The van der Waals surface area contributed by atoms with Crippen molar-refractivity contribution in [1.29, 1.82) is 0 Å². The second kappa shape index (κ2) is 13.1. The van der Waals surface area contributed by atoms with Crippen molar-refractivity contribution in [1.82, 2.24) is 16.0 Å². The van der Waals surface area contributed by atoms with Crippen LogP contribution in [-0.4, -0.2) is 81.2 Å². The summed E-state index contributed by atoms with van der Waals surface area (Å²) in [6.45, 7) is 2.50. The highest BCUT2D eigenvalue weighted by Crippen LogP contribution is 2.02. The van der Waals surface area contributed by atoms with Crippen molar-refractivity contribution in [2.24, 2.45) is 11.5 Å². The van der Waals surface area contributed by atoms with E-state index < -0.39 is 72.3 Å². The second-order valence-corrected chi connectivity index (χ2v) is 6.89. The molecule has 10 N–H and O–H groups in total. The third-order valence-electron chi connectivity index (χ3n) is 4.15. The summed E-state index contributed by atoms with van der Waals surface area (Å²) in [5.74, 6) is -6.12. The molecule has 31 heavy (non-hydrogen) atoms. The predicted molar refractivity (Wildman–Crippen MR) is 104 cm³/mol. The standard InChI is InChI=1S/C17H29N5O9/c1-7(14(27)22-10(17(30)31)4-6-12(25)26)20-15(28)9(3-5-11(18)24)21-16(29)13(19)8(2)23/h7-10,13,23H,3-6,19H2,1-2H3,(H2,18,24)(H,20,28)(H,21,29)(H,22,27)(H,25,26)(H,30,31). The van der Waals surface area contributed by atoms with Crippen molar-refractivity contribution in [3.63, 3.8) is 0 Å². The van der Waals surface area contributed by atoms with E-state index in [1.165, 1.54) is 13.8 Å². The number of carbonyl (C=O) groups excluding carboxylic acids is 4. The molecule has 0 aliphatic carbocycles. The number of rotatable bonds is 14. The number of nitrogens with two attached hydrogens (primary N) is 2. The zero-order chi connectivity index (χ0) is 24.3. The maximum Gasteiger partial charge on any atom is 0.326 e. The Labute approximate surface area is 177 Å². The quantitative estimate of drug-likeness (QED) is 0.130. The Morgan fingerprint density at radius 2 is 1.32 bits per heavy atom. The van der Waals surface area contributed by atoms with E-state index >= 15 is 0 Å². The first-order chi connectivity index (χ1) is 14.3. The fourth-order valence-electron chi connectivity index (χ4n) is 2.24. The van der Waals surface area contributed by atoms with Crippen molar-refractivity contribution in [2.45, 2.75) is 69.8 Å². The van der Waals surface area contributed by atoms with Crippen LogP contribution in [0, 0.1) is 0 Å². The zero-order valence-corrected chi connectivity index (χ0v) is 17.2. The Hall–Kier alpha value is -3.26. The van der Waals surface area contributed by atoms with Crippen LogP contribution in [0.5, 0.6) is 0 Å². The van der Waals surface area contributed by atoms with Gasteiger partial charge < -0.3 is 42.7 Å². The van der Waals surface area contributed by atoms with E-state index in [1.54, 1.807) is 0 Å². The fourth-order valence-corrected chi connectivity index (χ4v) is 2.24. The molecule has 0 bridgehead atoms. The van der Waals surface area contributed by atoms with E-state index in [0.29, 0.717) is 0 Å². The predicted octanol–water partition coefficient (Wildman–Crippen LogP) is -3.62. The molecule has 0 aromatic rings. The van der Waals surface area contributed by atoms with E-state index in [9.17, 15) is 33.9 Å². The van der Waals surface area contributed by atoms with E-state index in [0.717, 1.165) is 0 Å². The molecule has 5 atom stereocenters. The average Bonchev–Trinajstić information content (AvgIpc) is 2.66. The van der Waals surface area contributed by atoms with Gasteiger partial charge in [-0.25, -0.2) is 4.79 Å². The lowest BCUT2D eigenvalue weighted by molar-refractivity contribution is -0.143. The van der Waals surface area contributed by atoms with Crippen LogP contribution in [-0.2, 0) is 28.8 Å². The molecule has 4 amide bonds. The van der Waals surface area contributed by atoms with Gasteiger partial charge in [0.05, 0.1) is 6.10 Å². The molecule has 0 fully saturated rings. The maximum absolute atomic E-state index is 12.5. The van der Waals surface area contributed by atoms with Gasteiger partial charge in [0.2, 0.25) is 23.6 Å². The summed E-state index contributed by atoms with van der Waals surface area (Å²) in [6.07, 6.45) is -2.58. The van der Waals surface area contributed by atoms with Gasteiger partial charge in [0.15, 0.2) is 0 Å². The number of aliphatic hydroxyl groups is 1. The molecule has 0 heterocycles. The van der Waals surface area contributed by atoms with Crippen molar-refractivity contribution in [2.75, 3.05) is 0 Å². The number of hydrogen-bond donors (Lipinski definition) is 8. The van der Waals surface area contributed by atoms with E-state index in [-0.39, 0.29) is 19.3 Å². The van der Waals surface area contributed by atoms with Crippen molar-refractivity contribution in [3.05, 3.63) is 0 Å². The van der Waals surface area contributed by atoms with Crippen LogP contribution in [0.2, 0.25) is 0 Å². The Bertz CT molecular complexity index is 697. The Kier molecular flexibility index (Phi) is 11.7. The molecule has 0 spiro atoms. The Balaban J connectivity index is 5.12. The Morgan fingerprint density at radius 1 is 0.806 bits per heavy atom. The molecule has 0 aromatic heterocycles. The SMILES string of the molecule is CC(NC(=O)C(CCC(N)=O)NC(=O)C(N)C(C)O)C(=O)NC(CCC(=O)O)C(=O)O. The minimum Gasteiger partial charge on any atom is -0.481 e. The highest BCUT2D eigenvalue weighted by molar-refractivity contribution is 5.94. The van der Waals surface area contributed by atoms with Gasteiger partial charge in [0.1, 0.15) is 24.2 Å². The number of amides is 4. The van der Waals surface area contributed by atoms with Crippen molar-refractivity contribution < 1.29 is 44.1 Å². The lowest BCUT2D eigenvalue weighted by Gasteiger charge is -2.23. The second-order valence-electron chi connectivity index (χ2n) is 6.89. The van der Waals surface area contributed by atoms with Crippen LogP contribution < -0.4 is 27.4 Å². The summed E-state index contributed by atoms with van der Waals surface area (Å²) in [4.78, 5) is 69.5. The lowest BCUT2D eigenvalue weighted by atomic mass is 10.1. The van der Waals surface area contributed by atoms with Crippen molar-refractivity contribution in [3.8, 4) is 0 Å². The first-order valence-corrected chi connectivity index (χ1v) is 9.33. The normalized spacial score (nSPS) is 15.5. The summed E-state index contributed by atoms with van der Waals surface area (Å²) in [5, 5.41) is 33.7. The molecule has 0 aromatic carbocycles. The van der Waals surface area contributed by atoms with E-state index in [4.69, 9.17) is 21.7 Å². The van der Waals surface area contributed by atoms with Gasteiger partial charge >= 0.3 is 11.9 Å². The number of aliphatic hydroxyl groups excluding tert-OH is 1. The molecule has 176 valence electrons. The first kappa shape index (κ1) is 27.7. The van der Waals surface area contributed by atoms with Crippen LogP contribution in [0.4, 0.5) is 0 Å². The summed E-state index contributed by atoms with van der Waals surface area (Å²) in [5.41, 5.74) is 10.6. The number of carbonyl (C=O) groups is 6. The number of carboxylic acid groups (broad SMARTS) is 2. The zero-order valence-electron chi connectivity index (χ0n) is 17.2. The number of carboxylic acids is 2. The molecule has 5 unspecified atom stereocenters. The summed E-state index contributed by atoms with van der Waals surface area (Å²) >= 11 is 0. The third kappa shape index (κ3) is 10.9. The molecule has 0 aliphatic heterocycles. The molecule has 0 saturated heterocycles. The highest BCUT2D eigenvalue weighted by atomic mass is 16.4. The van der Waals surface area contributed by atoms with Gasteiger partial charge in [-0.2, -0.15) is 0 Å². The van der Waals surface area contributed by atoms with Crippen molar-refractivity contribution >= 4 is 35.6 Å². The molecule has 14 nitrogen and oxygen atoms in total. The van der Waals surface area contributed by atoms with Gasteiger partial charge in [0, 0.05) is 12.8 Å². The highest BCUT2D eigenvalue weighted by Gasteiger charge is 2.29. The molecular weight excluding hydrogens is 418 g/mol. The Morgan fingerprint density at radius 3 is 1.77 bits per heavy atom. The van der Waals surface area contributed by atoms with Gasteiger partial charge in [-0.15, -0.1) is 0 Å². The molecule has 0 radical (unpaired) electrons. The van der Waals surface area contributed by atoms with Gasteiger partial charge in [-0.1, -0.05) is 0 Å². The third-order valence-corrected chi connectivity index (χ3v) is 4.15. The molecule has 0 saturated carbocycles. The molecule has 0 aliphatic rings. The van der Waals surface area contributed by atoms with Gasteiger partial charge in [-0.05, 0) is 26.7 Å². The van der Waals surface area contributed by atoms with E-state index in [1.807, 2.05) is 0 Å². The number of primary amides is 1. The minimum atomic E-state index is -1.49. The smallest absolute Gasteiger partial charge is 0.326 e.